The zero-order valence-corrected chi connectivity index (χ0v) is 17.1. The van der Waals surface area contributed by atoms with Crippen molar-refractivity contribution in [1.82, 2.24) is 0 Å². The molecule has 1 aromatic heterocycles. The average molecular weight is 405 g/mol. The molecule has 0 unspecified atom stereocenters. The molecule has 150 valence electrons. The first-order valence-electron chi connectivity index (χ1n) is 8.77. The van der Waals surface area contributed by atoms with Crippen LogP contribution in [-0.2, 0) is 0 Å². The van der Waals surface area contributed by atoms with Crippen LogP contribution in [0.2, 0.25) is 0 Å². The number of benzene rings is 1. The van der Waals surface area contributed by atoms with Crippen LogP contribution in [0.4, 0.5) is 0 Å². The number of ether oxygens (including phenoxy) is 3. The van der Waals surface area contributed by atoms with Crippen LogP contribution in [0.3, 0.4) is 0 Å². The highest BCUT2D eigenvalue weighted by Crippen LogP contribution is 2.44. The van der Waals surface area contributed by atoms with Crippen LogP contribution in [0.5, 0.6) is 23.0 Å². The number of thioether (sulfide) groups is 1. The number of methoxy groups -OCH3 is 3. The SMILES string of the molecule is COc1cc(OC)c([C@@H]2CC(c3c(O)cc(C)oc3=O)=NCCS2)cc1OC. The van der Waals surface area contributed by atoms with Crippen LogP contribution < -0.4 is 19.8 Å². The zero-order valence-electron chi connectivity index (χ0n) is 16.3. The molecular weight excluding hydrogens is 382 g/mol. The van der Waals surface area contributed by atoms with Gasteiger partial charge in [0.25, 0.3) is 0 Å². The Morgan fingerprint density at radius 3 is 2.43 bits per heavy atom. The van der Waals surface area contributed by atoms with E-state index < -0.39 is 5.63 Å². The number of hydrogen-bond acceptors (Lipinski definition) is 8. The zero-order chi connectivity index (χ0) is 20.3. The van der Waals surface area contributed by atoms with E-state index in [0.29, 0.717) is 41.7 Å². The molecule has 8 heteroatoms. The first kappa shape index (κ1) is 20.1. The molecule has 7 nitrogen and oxygen atoms in total. The first-order chi connectivity index (χ1) is 13.5. The summed E-state index contributed by atoms with van der Waals surface area (Å²) < 4.78 is 21.5. The Hall–Kier alpha value is -2.61. The van der Waals surface area contributed by atoms with E-state index in [9.17, 15) is 9.90 Å². The quantitative estimate of drug-likeness (QED) is 0.816. The number of hydrogen-bond donors (Lipinski definition) is 1. The van der Waals surface area contributed by atoms with Crippen LogP contribution >= 0.6 is 11.8 Å². The second-order valence-corrected chi connectivity index (χ2v) is 7.56. The molecule has 1 atom stereocenters. The van der Waals surface area contributed by atoms with Gasteiger partial charge >= 0.3 is 5.63 Å². The summed E-state index contributed by atoms with van der Waals surface area (Å²) in [6.45, 7) is 2.16. The first-order valence-corrected chi connectivity index (χ1v) is 9.82. The van der Waals surface area contributed by atoms with Crippen molar-refractivity contribution in [1.29, 1.82) is 0 Å². The van der Waals surface area contributed by atoms with E-state index in [4.69, 9.17) is 18.6 Å². The molecule has 0 radical (unpaired) electrons. The molecule has 0 saturated heterocycles. The summed E-state index contributed by atoms with van der Waals surface area (Å²) in [5, 5.41) is 10.3. The van der Waals surface area contributed by atoms with Crippen molar-refractivity contribution < 1.29 is 23.7 Å². The summed E-state index contributed by atoms with van der Waals surface area (Å²) >= 11 is 1.71. The minimum absolute atomic E-state index is 0.0453. The minimum Gasteiger partial charge on any atom is -0.507 e. The van der Waals surface area contributed by atoms with Crippen molar-refractivity contribution in [2.45, 2.75) is 18.6 Å². The number of rotatable bonds is 5. The van der Waals surface area contributed by atoms with E-state index in [1.807, 2.05) is 6.07 Å². The standard InChI is InChI=1S/C20H23NO6S/c1-11-7-14(22)19(20(23)27-11)13-9-18(28-6-5-21-13)12-8-16(25-3)17(26-4)10-15(12)24-2/h7-8,10,18,22H,5-6,9H2,1-4H3/t18-/m0/s1. The number of aromatic hydroxyl groups is 1. The lowest BCUT2D eigenvalue weighted by Crippen LogP contribution is -2.17. The van der Waals surface area contributed by atoms with Gasteiger partial charge in [-0.3, -0.25) is 4.99 Å². The Labute approximate surface area is 167 Å². The van der Waals surface area contributed by atoms with E-state index in [1.54, 1.807) is 46.1 Å². The Bertz CT molecular complexity index is 952. The van der Waals surface area contributed by atoms with Gasteiger partial charge in [0, 0.05) is 41.7 Å². The van der Waals surface area contributed by atoms with Crippen molar-refractivity contribution in [3.63, 3.8) is 0 Å². The van der Waals surface area contributed by atoms with E-state index in [2.05, 4.69) is 4.99 Å². The summed E-state index contributed by atoms with van der Waals surface area (Å²) in [5.74, 6) is 2.84. The maximum Gasteiger partial charge on any atom is 0.348 e. The summed E-state index contributed by atoms with van der Waals surface area (Å²) in [5.41, 5.74) is 0.979. The monoisotopic (exact) mass is 405 g/mol. The van der Waals surface area contributed by atoms with Crippen molar-refractivity contribution in [2.75, 3.05) is 33.6 Å². The van der Waals surface area contributed by atoms with Gasteiger partial charge in [-0.1, -0.05) is 0 Å². The van der Waals surface area contributed by atoms with Crippen molar-refractivity contribution in [2.24, 2.45) is 4.99 Å². The predicted molar refractivity (Wildman–Crippen MR) is 109 cm³/mol. The Morgan fingerprint density at radius 1 is 1.11 bits per heavy atom. The number of aliphatic imine (C=N–C) groups is 1. The largest absolute Gasteiger partial charge is 0.507 e. The third-order valence-electron chi connectivity index (χ3n) is 4.52. The molecule has 0 spiro atoms. The summed E-state index contributed by atoms with van der Waals surface area (Å²) in [7, 11) is 4.75. The minimum atomic E-state index is -0.582. The van der Waals surface area contributed by atoms with Gasteiger partial charge in [0.05, 0.1) is 27.0 Å². The molecule has 0 bridgehead atoms. The fourth-order valence-electron chi connectivity index (χ4n) is 3.22. The molecule has 0 aliphatic carbocycles. The molecule has 0 saturated carbocycles. The van der Waals surface area contributed by atoms with Crippen LogP contribution in [0.15, 0.2) is 32.4 Å². The van der Waals surface area contributed by atoms with Gasteiger partial charge in [-0.25, -0.2) is 4.79 Å². The summed E-state index contributed by atoms with van der Waals surface area (Å²) in [6.07, 6.45) is 0.442. The van der Waals surface area contributed by atoms with E-state index in [-0.39, 0.29) is 16.6 Å². The van der Waals surface area contributed by atoms with E-state index >= 15 is 0 Å². The van der Waals surface area contributed by atoms with Gasteiger partial charge in [0.2, 0.25) is 0 Å². The van der Waals surface area contributed by atoms with E-state index in [1.165, 1.54) is 6.07 Å². The number of nitrogens with zero attached hydrogens (tertiary/aromatic N) is 1. The molecule has 0 amide bonds. The Morgan fingerprint density at radius 2 is 1.79 bits per heavy atom. The Balaban J connectivity index is 2.03. The third-order valence-corrected chi connectivity index (χ3v) is 5.76. The molecule has 0 fully saturated rings. The molecule has 1 aliphatic heterocycles. The van der Waals surface area contributed by atoms with Gasteiger partial charge < -0.3 is 23.7 Å². The highest BCUT2D eigenvalue weighted by atomic mass is 32.2. The Kier molecular flexibility index (Phi) is 6.18. The molecular formula is C20H23NO6S. The molecule has 3 rings (SSSR count). The average Bonchev–Trinajstić information content (AvgIpc) is 2.92. The fraction of sp³-hybridized carbons (Fsp3) is 0.400. The summed E-state index contributed by atoms with van der Waals surface area (Å²) in [4.78, 5) is 16.9. The summed E-state index contributed by atoms with van der Waals surface area (Å²) in [6, 6.07) is 5.10. The normalized spacial score (nSPS) is 16.9. The number of aryl methyl sites for hydroxylation is 1. The lowest BCUT2D eigenvalue weighted by atomic mass is 10.0. The predicted octanol–water partition coefficient (Wildman–Crippen LogP) is 3.35. The van der Waals surface area contributed by atoms with Gasteiger partial charge in [0.1, 0.15) is 22.8 Å². The van der Waals surface area contributed by atoms with Gasteiger partial charge in [0.15, 0.2) is 11.5 Å². The van der Waals surface area contributed by atoms with Crippen molar-refractivity contribution >= 4 is 17.5 Å². The smallest absolute Gasteiger partial charge is 0.348 e. The van der Waals surface area contributed by atoms with E-state index in [0.717, 1.165) is 11.3 Å². The lowest BCUT2D eigenvalue weighted by molar-refractivity contribution is 0.347. The van der Waals surface area contributed by atoms with Gasteiger partial charge in [-0.2, -0.15) is 11.8 Å². The molecule has 1 aliphatic rings. The second kappa shape index (κ2) is 8.60. The molecule has 2 heterocycles. The topological polar surface area (TPSA) is 90.5 Å². The highest BCUT2D eigenvalue weighted by molar-refractivity contribution is 7.99. The van der Waals surface area contributed by atoms with Crippen LogP contribution in [0.25, 0.3) is 0 Å². The van der Waals surface area contributed by atoms with Crippen LogP contribution in [-0.4, -0.2) is 44.4 Å². The maximum absolute atomic E-state index is 12.3. The third kappa shape index (κ3) is 3.96. The molecule has 28 heavy (non-hydrogen) atoms. The lowest BCUT2D eigenvalue weighted by Gasteiger charge is -2.20. The van der Waals surface area contributed by atoms with Crippen molar-refractivity contribution in [3.05, 3.63) is 45.5 Å². The van der Waals surface area contributed by atoms with Gasteiger partial charge in [-0.05, 0) is 13.0 Å². The molecule has 2 aromatic rings. The van der Waals surface area contributed by atoms with Crippen LogP contribution in [0.1, 0.15) is 28.6 Å². The maximum atomic E-state index is 12.3. The van der Waals surface area contributed by atoms with Gasteiger partial charge in [-0.15, -0.1) is 0 Å². The fourth-order valence-corrected chi connectivity index (χ4v) is 4.34. The van der Waals surface area contributed by atoms with Crippen molar-refractivity contribution in [3.8, 4) is 23.0 Å². The van der Waals surface area contributed by atoms with Crippen LogP contribution in [0, 0.1) is 6.92 Å². The highest BCUT2D eigenvalue weighted by Gasteiger charge is 2.27. The second-order valence-electron chi connectivity index (χ2n) is 6.25. The molecule has 1 aromatic carbocycles. The molecule has 1 N–H and O–H groups in total.